The molecule has 0 amide bonds. The molecule has 158 valence electrons. The number of aromatic nitrogens is 3. The number of carbonyl (C=O) groups is 1. The summed E-state index contributed by atoms with van der Waals surface area (Å²) in [6, 6.07) is 13.7. The Kier molecular flexibility index (Phi) is 5.23. The van der Waals surface area contributed by atoms with Crippen LogP contribution in [0.2, 0.25) is 0 Å². The molecule has 0 radical (unpaired) electrons. The lowest BCUT2D eigenvalue weighted by atomic mass is 9.85. The van der Waals surface area contributed by atoms with Crippen LogP contribution in [0.25, 0.3) is 0 Å². The molecule has 2 aromatic carbocycles. The van der Waals surface area contributed by atoms with Crippen LogP contribution < -0.4 is 10.1 Å². The first-order valence-electron chi connectivity index (χ1n) is 10.1. The zero-order valence-corrected chi connectivity index (χ0v) is 17.8. The number of carbonyl (C=O) groups excluding carboxylic acids is 1. The molecule has 0 spiro atoms. The maximum atomic E-state index is 13.2. The molecule has 2 aliphatic rings. The van der Waals surface area contributed by atoms with Crippen LogP contribution in [-0.4, -0.2) is 27.7 Å². The molecule has 31 heavy (non-hydrogen) atoms. The highest BCUT2D eigenvalue weighted by atomic mass is 32.2. The topological polar surface area (TPSA) is 69.0 Å². The Hall–Kier alpha value is -3.13. The minimum Gasteiger partial charge on any atom is -0.496 e. The number of hydrogen-bond donors (Lipinski definition) is 1. The molecule has 3 aromatic rings. The van der Waals surface area contributed by atoms with E-state index in [-0.39, 0.29) is 17.6 Å². The summed E-state index contributed by atoms with van der Waals surface area (Å²) in [6.45, 7) is 0. The van der Waals surface area contributed by atoms with Crippen molar-refractivity contribution in [3.8, 4) is 5.75 Å². The lowest BCUT2D eigenvalue weighted by Crippen LogP contribution is -2.31. The zero-order chi connectivity index (χ0) is 21.4. The number of Topliss-reactive ketones (excluding diaryl/α,β-unsaturated/α-hetero) is 1. The first-order chi connectivity index (χ1) is 15.1. The van der Waals surface area contributed by atoms with Gasteiger partial charge in [0.1, 0.15) is 17.6 Å². The monoisotopic (exact) mass is 436 g/mol. The van der Waals surface area contributed by atoms with E-state index in [1.54, 1.807) is 23.9 Å². The van der Waals surface area contributed by atoms with Gasteiger partial charge in [-0.2, -0.15) is 4.98 Å². The smallest absolute Gasteiger partial charge is 0.227 e. The van der Waals surface area contributed by atoms with Crippen LogP contribution in [0.5, 0.6) is 5.75 Å². The maximum Gasteiger partial charge on any atom is 0.227 e. The van der Waals surface area contributed by atoms with Gasteiger partial charge in [-0.15, -0.1) is 5.10 Å². The van der Waals surface area contributed by atoms with Crippen molar-refractivity contribution in [2.45, 2.75) is 36.2 Å². The molecule has 0 saturated carbocycles. The fourth-order valence-electron chi connectivity index (χ4n) is 4.11. The molecule has 1 aliphatic carbocycles. The Balaban J connectivity index is 1.52. The molecule has 0 bridgehead atoms. The summed E-state index contributed by atoms with van der Waals surface area (Å²) in [5, 5.41) is 8.67. The highest BCUT2D eigenvalue weighted by Crippen LogP contribution is 2.43. The van der Waals surface area contributed by atoms with Gasteiger partial charge in [-0.25, -0.2) is 9.07 Å². The quantitative estimate of drug-likeness (QED) is 0.583. The molecule has 1 aliphatic heterocycles. The minimum absolute atomic E-state index is 0.131. The van der Waals surface area contributed by atoms with Gasteiger partial charge < -0.3 is 10.1 Å². The van der Waals surface area contributed by atoms with E-state index in [0.717, 1.165) is 35.2 Å². The standard InChI is InChI=1S/C23H21FN4O2S/c1-30-19-8-3-2-5-16(19)21-20-17(6-4-7-18(20)29)25-22-26-23(27-28(21)22)31-13-14-9-11-15(24)12-10-14/h2-3,5,8-12,21H,4,6-7,13H2,1H3,(H,25,26,27)/t21-/m1/s1. The Morgan fingerprint density at radius 3 is 2.81 bits per heavy atom. The summed E-state index contributed by atoms with van der Waals surface area (Å²) >= 11 is 1.47. The Bertz CT molecular complexity index is 1170. The van der Waals surface area contributed by atoms with Crippen molar-refractivity contribution >= 4 is 23.5 Å². The molecule has 1 aromatic heterocycles. The molecule has 0 saturated heterocycles. The number of anilines is 1. The number of allylic oxidation sites excluding steroid dienone is 2. The molecular formula is C23H21FN4O2S. The fourth-order valence-corrected chi connectivity index (χ4v) is 4.89. The molecule has 0 fully saturated rings. The highest BCUT2D eigenvalue weighted by Gasteiger charge is 2.38. The molecule has 1 N–H and O–H groups in total. The number of methoxy groups -OCH3 is 1. The number of rotatable bonds is 5. The molecule has 8 heteroatoms. The SMILES string of the molecule is COc1ccccc1[C@@H]1C2=C(CCCC2=O)Nc2nc(SCc3ccc(F)cc3)nn21. The van der Waals surface area contributed by atoms with Crippen LogP contribution in [-0.2, 0) is 10.5 Å². The molecule has 6 nitrogen and oxygen atoms in total. The highest BCUT2D eigenvalue weighted by molar-refractivity contribution is 7.98. The van der Waals surface area contributed by atoms with Crippen molar-refractivity contribution in [2.24, 2.45) is 0 Å². The number of fused-ring (bicyclic) bond motifs is 1. The van der Waals surface area contributed by atoms with E-state index in [2.05, 4.69) is 10.3 Å². The van der Waals surface area contributed by atoms with Crippen molar-refractivity contribution in [1.29, 1.82) is 0 Å². The normalized spacial score (nSPS) is 17.7. The third-order valence-electron chi connectivity index (χ3n) is 5.56. The predicted octanol–water partition coefficient (Wildman–Crippen LogP) is 4.74. The average molecular weight is 437 g/mol. The largest absolute Gasteiger partial charge is 0.496 e. The van der Waals surface area contributed by atoms with E-state index in [4.69, 9.17) is 9.84 Å². The van der Waals surface area contributed by atoms with Crippen molar-refractivity contribution < 1.29 is 13.9 Å². The number of benzene rings is 2. The van der Waals surface area contributed by atoms with Gasteiger partial charge in [0.25, 0.3) is 0 Å². The van der Waals surface area contributed by atoms with Gasteiger partial charge >= 0.3 is 0 Å². The van der Waals surface area contributed by atoms with Gasteiger partial charge in [-0.1, -0.05) is 42.1 Å². The minimum atomic E-state index is -0.386. The van der Waals surface area contributed by atoms with Gasteiger partial charge in [0, 0.05) is 29.0 Å². The number of halogens is 1. The maximum absolute atomic E-state index is 13.2. The van der Waals surface area contributed by atoms with Crippen LogP contribution in [0.15, 0.2) is 65.0 Å². The first-order valence-corrected chi connectivity index (χ1v) is 11.1. The Labute approximate surface area is 183 Å². The molecule has 2 heterocycles. The van der Waals surface area contributed by atoms with Crippen LogP contribution in [0.1, 0.15) is 36.4 Å². The summed E-state index contributed by atoms with van der Waals surface area (Å²) in [5.74, 6) is 1.82. The second kappa shape index (κ2) is 8.19. The van der Waals surface area contributed by atoms with Crippen LogP contribution >= 0.6 is 11.8 Å². The van der Waals surface area contributed by atoms with Crippen molar-refractivity contribution in [3.63, 3.8) is 0 Å². The second-order valence-corrected chi connectivity index (χ2v) is 8.46. The van der Waals surface area contributed by atoms with E-state index >= 15 is 0 Å². The molecule has 5 rings (SSSR count). The number of nitrogens with zero attached hydrogens (tertiary/aromatic N) is 3. The van der Waals surface area contributed by atoms with E-state index in [9.17, 15) is 9.18 Å². The lowest BCUT2D eigenvalue weighted by molar-refractivity contribution is -0.116. The number of ketones is 1. The number of thioether (sulfide) groups is 1. The van der Waals surface area contributed by atoms with Crippen molar-refractivity contribution in [1.82, 2.24) is 14.8 Å². The van der Waals surface area contributed by atoms with Crippen molar-refractivity contribution in [3.05, 3.63) is 76.7 Å². The molecule has 0 unspecified atom stereocenters. The first kappa shape index (κ1) is 19.8. The molecule has 1 atom stereocenters. The van der Waals surface area contributed by atoms with Gasteiger partial charge in [0.15, 0.2) is 5.78 Å². The lowest BCUT2D eigenvalue weighted by Gasteiger charge is -2.32. The van der Waals surface area contributed by atoms with Gasteiger partial charge in [-0.05, 0) is 36.6 Å². The Morgan fingerprint density at radius 2 is 2.00 bits per heavy atom. The van der Waals surface area contributed by atoms with Gasteiger partial charge in [0.2, 0.25) is 11.1 Å². The Morgan fingerprint density at radius 1 is 1.19 bits per heavy atom. The number of nitrogens with one attached hydrogen (secondary N) is 1. The number of ether oxygens (including phenoxy) is 1. The van der Waals surface area contributed by atoms with Gasteiger partial charge in [-0.3, -0.25) is 4.79 Å². The number of para-hydroxylation sites is 1. The van der Waals surface area contributed by atoms with Gasteiger partial charge in [0.05, 0.1) is 7.11 Å². The van der Waals surface area contributed by atoms with E-state index in [1.165, 1.54) is 23.9 Å². The summed E-state index contributed by atoms with van der Waals surface area (Å²) in [5.41, 5.74) is 3.53. The van der Waals surface area contributed by atoms with Crippen LogP contribution in [0.3, 0.4) is 0 Å². The van der Waals surface area contributed by atoms with E-state index < -0.39 is 0 Å². The second-order valence-electron chi connectivity index (χ2n) is 7.52. The number of hydrogen-bond acceptors (Lipinski definition) is 6. The van der Waals surface area contributed by atoms with E-state index in [0.29, 0.717) is 29.0 Å². The molecular weight excluding hydrogens is 415 g/mol. The summed E-state index contributed by atoms with van der Waals surface area (Å²) in [7, 11) is 1.63. The third kappa shape index (κ3) is 3.72. The van der Waals surface area contributed by atoms with Crippen molar-refractivity contribution in [2.75, 3.05) is 12.4 Å². The van der Waals surface area contributed by atoms with E-state index in [1.807, 2.05) is 24.3 Å². The fraction of sp³-hybridized carbons (Fsp3) is 0.261. The zero-order valence-electron chi connectivity index (χ0n) is 17.0. The van der Waals surface area contributed by atoms with Crippen LogP contribution in [0, 0.1) is 5.82 Å². The summed E-state index contributed by atoms with van der Waals surface area (Å²) in [4.78, 5) is 17.6. The summed E-state index contributed by atoms with van der Waals surface area (Å²) in [6.07, 6.45) is 2.16. The third-order valence-corrected chi connectivity index (χ3v) is 6.47. The average Bonchev–Trinajstić information content (AvgIpc) is 3.20. The van der Waals surface area contributed by atoms with Crippen LogP contribution in [0.4, 0.5) is 10.3 Å². The predicted molar refractivity (Wildman–Crippen MR) is 117 cm³/mol. The summed E-state index contributed by atoms with van der Waals surface area (Å²) < 4.78 is 20.5.